The van der Waals surface area contributed by atoms with E-state index in [1.807, 2.05) is 0 Å². The number of hydrogen-bond acceptors (Lipinski definition) is 0. The Hall–Kier alpha value is -7.36. The second kappa shape index (κ2) is 11.6. The molecule has 4 aromatic heterocycles. The Morgan fingerprint density at radius 2 is 0.764 bits per heavy atom. The van der Waals surface area contributed by atoms with Crippen LogP contribution in [0.2, 0.25) is 0 Å². The highest BCUT2D eigenvalue weighted by atomic mass is 15.0. The summed E-state index contributed by atoms with van der Waals surface area (Å²) in [6.45, 7) is 0. The summed E-state index contributed by atoms with van der Waals surface area (Å²) >= 11 is 0. The van der Waals surface area contributed by atoms with Gasteiger partial charge >= 0.3 is 0 Å². The molecule has 12 aromatic rings. The number of para-hydroxylation sites is 4. The van der Waals surface area contributed by atoms with Gasteiger partial charge in [0.25, 0.3) is 0 Å². The first kappa shape index (κ1) is 30.1. The lowest BCUT2D eigenvalue weighted by Gasteiger charge is -2.14. The summed E-state index contributed by atoms with van der Waals surface area (Å²) in [7, 11) is 0. The summed E-state index contributed by atoms with van der Waals surface area (Å²) < 4.78 is 7.33. The van der Waals surface area contributed by atoms with E-state index in [9.17, 15) is 0 Å². The van der Waals surface area contributed by atoms with Crippen LogP contribution in [0.25, 0.3) is 105 Å². The third kappa shape index (κ3) is 4.32. The molecule has 0 aliphatic heterocycles. The minimum absolute atomic E-state index is 1.13. The number of benzene rings is 8. The molecular formula is C52H33N3. The van der Waals surface area contributed by atoms with Crippen molar-refractivity contribution in [2.45, 2.75) is 0 Å². The minimum atomic E-state index is 1.13. The van der Waals surface area contributed by atoms with E-state index in [2.05, 4.69) is 214 Å². The van der Waals surface area contributed by atoms with Gasteiger partial charge in [-0.1, -0.05) is 140 Å². The van der Waals surface area contributed by atoms with Crippen LogP contribution < -0.4 is 0 Å². The molecule has 55 heavy (non-hydrogen) atoms. The Bertz CT molecular complexity index is 3400. The van der Waals surface area contributed by atoms with E-state index >= 15 is 0 Å². The van der Waals surface area contributed by atoms with E-state index in [0.29, 0.717) is 0 Å². The summed E-state index contributed by atoms with van der Waals surface area (Å²) in [6.07, 6.45) is 0. The van der Waals surface area contributed by atoms with Crippen molar-refractivity contribution >= 4 is 70.8 Å². The molecule has 4 heterocycles. The molecule has 0 amide bonds. The fourth-order valence-electron chi connectivity index (χ4n) is 9.25. The molecule has 0 saturated heterocycles. The molecular weight excluding hydrogens is 667 g/mol. The lowest BCUT2D eigenvalue weighted by molar-refractivity contribution is 1.14. The van der Waals surface area contributed by atoms with E-state index in [1.54, 1.807) is 0 Å². The van der Waals surface area contributed by atoms with Crippen LogP contribution in [0.3, 0.4) is 0 Å². The predicted octanol–water partition coefficient (Wildman–Crippen LogP) is 13.8. The lowest BCUT2D eigenvalue weighted by atomic mass is 10.0. The maximum Gasteiger partial charge on any atom is 0.0634 e. The average molecular weight is 700 g/mol. The molecule has 0 radical (unpaired) electrons. The van der Waals surface area contributed by atoms with Crippen molar-refractivity contribution in [1.82, 2.24) is 13.5 Å². The van der Waals surface area contributed by atoms with Gasteiger partial charge in [-0.2, -0.15) is 0 Å². The molecule has 0 aliphatic carbocycles. The monoisotopic (exact) mass is 699 g/mol. The Morgan fingerprint density at radius 3 is 1.42 bits per heavy atom. The molecule has 3 nitrogen and oxygen atoms in total. The first-order valence-electron chi connectivity index (χ1n) is 18.9. The summed E-state index contributed by atoms with van der Waals surface area (Å²) in [6, 6.07) is 73.2. The molecule has 0 unspecified atom stereocenters. The van der Waals surface area contributed by atoms with Crippen molar-refractivity contribution in [1.29, 1.82) is 0 Å². The third-order valence-electron chi connectivity index (χ3n) is 11.6. The van der Waals surface area contributed by atoms with E-state index in [4.69, 9.17) is 0 Å². The largest absolute Gasteiger partial charge is 0.309 e. The molecule has 8 aromatic carbocycles. The molecule has 256 valence electrons. The SMILES string of the molecule is c1ccc(-c2c3c4c(cccc4n2-c2ccc(-c4ccc(-n5c6ccccc6c6ccccc65)cc4)cc2)c2ccccc2n2c4ccccc4cc32)cc1. The zero-order valence-corrected chi connectivity index (χ0v) is 29.9. The van der Waals surface area contributed by atoms with Gasteiger partial charge in [-0.05, 0) is 82.7 Å². The van der Waals surface area contributed by atoms with Crippen LogP contribution in [0, 0.1) is 0 Å². The smallest absolute Gasteiger partial charge is 0.0634 e. The van der Waals surface area contributed by atoms with Crippen molar-refractivity contribution in [3.8, 4) is 33.8 Å². The Kier molecular flexibility index (Phi) is 6.34. The quantitative estimate of drug-likeness (QED) is 0.174. The topological polar surface area (TPSA) is 14.3 Å². The molecule has 0 bridgehead atoms. The highest BCUT2D eigenvalue weighted by Crippen LogP contribution is 2.45. The number of fused-ring (bicyclic) bond motifs is 10. The van der Waals surface area contributed by atoms with Gasteiger partial charge in [-0.15, -0.1) is 0 Å². The molecule has 12 rings (SSSR count). The van der Waals surface area contributed by atoms with E-state index in [1.165, 1.54) is 93.2 Å². The average Bonchev–Trinajstić information content (AvgIpc) is 3.90. The summed E-state index contributed by atoms with van der Waals surface area (Å²) in [5.41, 5.74) is 14.3. The second-order valence-electron chi connectivity index (χ2n) is 14.5. The molecule has 0 spiro atoms. The van der Waals surface area contributed by atoms with Crippen molar-refractivity contribution in [3.05, 3.63) is 200 Å². The standard InChI is InChI=1S/C52H33N3/c1-2-13-36(14-3-1)52-51-49-33-37-15-4-8-20-44(37)55(49)47-23-11-7-18-42(47)43-19-12-24-48(50(43)51)54(52)39-31-27-35(28-32-39)34-25-29-38(30-26-34)53-45-21-9-5-16-40(45)41-17-6-10-22-46(41)53/h1-33H. The second-order valence-corrected chi connectivity index (χ2v) is 14.5. The number of rotatable bonds is 4. The van der Waals surface area contributed by atoms with Crippen molar-refractivity contribution in [2.75, 3.05) is 0 Å². The van der Waals surface area contributed by atoms with Crippen LogP contribution in [0.1, 0.15) is 0 Å². The number of hydrogen-bond donors (Lipinski definition) is 0. The third-order valence-corrected chi connectivity index (χ3v) is 11.6. The minimum Gasteiger partial charge on any atom is -0.309 e. The van der Waals surface area contributed by atoms with Crippen LogP contribution in [-0.4, -0.2) is 13.5 Å². The highest BCUT2D eigenvalue weighted by molar-refractivity contribution is 6.27. The van der Waals surface area contributed by atoms with Gasteiger partial charge in [0.15, 0.2) is 0 Å². The molecule has 0 fully saturated rings. The molecule has 0 saturated carbocycles. The molecule has 3 heteroatoms. The molecule has 0 aliphatic rings. The van der Waals surface area contributed by atoms with Gasteiger partial charge in [0.05, 0.1) is 38.8 Å². The van der Waals surface area contributed by atoms with Gasteiger partial charge < -0.3 is 13.5 Å². The summed E-state index contributed by atoms with van der Waals surface area (Å²) in [5, 5.41) is 8.82. The number of nitrogens with zero attached hydrogens (tertiary/aromatic N) is 3. The zero-order valence-electron chi connectivity index (χ0n) is 29.9. The summed E-state index contributed by atoms with van der Waals surface area (Å²) in [4.78, 5) is 0. The van der Waals surface area contributed by atoms with Crippen LogP contribution in [-0.2, 0) is 0 Å². The summed E-state index contributed by atoms with van der Waals surface area (Å²) in [5.74, 6) is 0. The Morgan fingerprint density at radius 1 is 0.273 bits per heavy atom. The van der Waals surface area contributed by atoms with Crippen LogP contribution in [0.4, 0.5) is 0 Å². The normalized spacial score (nSPS) is 12.0. The van der Waals surface area contributed by atoms with Crippen molar-refractivity contribution in [3.63, 3.8) is 0 Å². The van der Waals surface area contributed by atoms with Crippen LogP contribution >= 0.6 is 0 Å². The van der Waals surface area contributed by atoms with Gasteiger partial charge in [0, 0.05) is 43.7 Å². The lowest BCUT2D eigenvalue weighted by Crippen LogP contribution is -1.97. The van der Waals surface area contributed by atoms with Gasteiger partial charge in [0.2, 0.25) is 0 Å². The van der Waals surface area contributed by atoms with Crippen molar-refractivity contribution < 1.29 is 0 Å². The number of aromatic nitrogens is 3. The van der Waals surface area contributed by atoms with Crippen LogP contribution in [0.15, 0.2) is 200 Å². The first-order valence-corrected chi connectivity index (χ1v) is 18.9. The van der Waals surface area contributed by atoms with E-state index in [0.717, 1.165) is 11.4 Å². The van der Waals surface area contributed by atoms with E-state index < -0.39 is 0 Å². The zero-order chi connectivity index (χ0) is 36.0. The highest BCUT2D eigenvalue weighted by Gasteiger charge is 2.23. The predicted molar refractivity (Wildman–Crippen MR) is 232 cm³/mol. The van der Waals surface area contributed by atoms with Gasteiger partial charge in [0.1, 0.15) is 0 Å². The molecule has 0 atom stereocenters. The van der Waals surface area contributed by atoms with Crippen molar-refractivity contribution in [2.24, 2.45) is 0 Å². The Labute approximate surface area is 317 Å². The fourth-order valence-corrected chi connectivity index (χ4v) is 9.25. The molecule has 0 N–H and O–H groups in total. The maximum atomic E-state index is 2.48. The van der Waals surface area contributed by atoms with Gasteiger partial charge in [-0.3, -0.25) is 0 Å². The van der Waals surface area contributed by atoms with Crippen LogP contribution in [0.5, 0.6) is 0 Å². The van der Waals surface area contributed by atoms with Gasteiger partial charge in [-0.25, -0.2) is 0 Å². The maximum absolute atomic E-state index is 2.48. The fraction of sp³-hybridized carbons (Fsp3) is 0. The Balaban J connectivity index is 1.07. The first-order chi connectivity index (χ1) is 27.3. The van der Waals surface area contributed by atoms with E-state index in [-0.39, 0.29) is 0 Å².